The number of nitrogens with zero attached hydrogens (tertiary/aromatic N) is 2. The predicted octanol–water partition coefficient (Wildman–Crippen LogP) is 2.92. The molecule has 0 saturated carbocycles. The molecule has 1 amide bonds. The number of aromatic nitrogens is 2. The number of methoxy groups -OCH3 is 1. The number of benzene rings is 2. The molecule has 1 unspecified atom stereocenters. The van der Waals surface area contributed by atoms with E-state index in [2.05, 4.69) is 15.3 Å². The van der Waals surface area contributed by atoms with Crippen LogP contribution in [0, 0.1) is 5.82 Å². The van der Waals surface area contributed by atoms with Crippen molar-refractivity contribution < 1.29 is 13.9 Å². The second-order valence-corrected chi connectivity index (χ2v) is 5.92. The Morgan fingerprint density at radius 1 is 1.11 bits per heavy atom. The van der Waals surface area contributed by atoms with Gasteiger partial charge in [0.05, 0.1) is 13.2 Å². The van der Waals surface area contributed by atoms with Gasteiger partial charge in [-0.25, -0.2) is 14.4 Å². The van der Waals surface area contributed by atoms with Gasteiger partial charge in [-0.2, -0.15) is 0 Å². The summed E-state index contributed by atoms with van der Waals surface area (Å²) in [5.41, 5.74) is 7.57. The minimum Gasteiger partial charge on any atom is -0.497 e. The number of rotatable bonds is 6. The number of hydrogen-bond acceptors (Lipinski definition) is 5. The van der Waals surface area contributed by atoms with Crippen molar-refractivity contribution in [1.29, 1.82) is 0 Å². The molecule has 0 aliphatic rings. The lowest BCUT2D eigenvalue weighted by Crippen LogP contribution is -2.31. The van der Waals surface area contributed by atoms with Crippen LogP contribution in [0.25, 0.3) is 0 Å². The summed E-state index contributed by atoms with van der Waals surface area (Å²) in [4.78, 5) is 20.5. The minimum absolute atomic E-state index is 0.0604. The summed E-state index contributed by atoms with van der Waals surface area (Å²) in [6.45, 7) is 0. The van der Waals surface area contributed by atoms with Crippen molar-refractivity contribution >= 4 is 11.7 Å². The van der Waals surface area contributed by atoms with E-state index in [1.54, 1.807) is 19.2 Å². The molecule has 0 fully saturated rings. The van der Waals surface area contributed by atoms with Gasteiger partial charge in [0, 0.05) is 12.4 Å². The molecular weight excluding hydrogens is 347 g/mol. The number of halogens is 1. The zero-order valence-electron chi connectivity index (χ0n) is 14.7. The molecule has 1 aromatic heterocycles. The fourth-order valence-corrected chi connectivity index (χ4v) is 2.69. The van der Waals surface area contributed by atoms with E-state index in [1.807, 2.05) is 24.3 Å². The van der Waals surface area contributed by atoms with Gasteiger partial charge in [0.1, 0.15) is 11.6 Å². The highest BCUT2D eigenvalue weighted by molar-refractivity contribution is 5.96. The van der Waals surface area contributed by atoms with Crippen LogP contribution in [0.15, 0.2) is 60.9 Å². The summed E-state index contributed by atoms with van der Waals surface area (Å²) in [6, 6.07) is 13.2. The fraction of sp³-hybridized carbons (Fsp3) is 0.150. The third kappa shape index (κ3) is 4.58. The summed E-state index contributed by atoms with van der Waals surface area (Å²) in [5.74, 6) is 0.0358. The predicted molar refractivity (Wildman–Crippen MR) is 99.7 cm³/mol. The van der Waals surface area contributed by atoms with Crippen LogP contribution >= 0.6 is 0 Å². The number of anilines is 1. The Kier molecular flexibility index (Phi) is 5.61. The molecule has 0 spiro atoms. The molecule has 0 radical (unpaired) electrons. The van der Waals surface area contributed by atoms with Crippen molar-refractivity contribution in [3.8, 4) is 5.75 Å². The monoisotopic (exact) mass is 366 g/mol. The molecule has 3 N–H and O–H groups in total. The van der Waals surface area contributed by atoms with Gasteiger partial charge in [-0.1, -0.05) is 24.3 Å². The van der Waals surface area contributed by atoms with Crippen LogP contribution in [0.4, 0.5) is 10.2 Å². The number of ether oxygens (including phenoxy) is 1. The summed E-state index contributed by atoms with van der Waals surface area (Å²) in [6.07, 6.45) is 3.30. The maximum atomic E-state index is 13.2. The van der Waals surface area contributed by atoms with Gasteiger partial charge in [0.2, 0.25) is 0 Å². The molecule has 138 valence electrons. The van der Waals surface area contributed by atoms with E-state index < -0.39 is 5.91 Å². The minimum atomic E-state index is -0.427. The molecule has 1 atom stereocenters. The summed E-state index contributed by atoms with van der Waals surface area (Å²) in [5, 5.41) is 2.94. The molecule has 0 saturated heterocycles. The number of nitrogens with two attached hydrogens (primary N) is 1. The number of hydrogen-bond donors (Lipinski definition) is 2. The Morgan fingerprint density at radius 3 is 2.41 bits per heavy atom. The van der Waals surface area contributed by atoms with Crippen molar-refractivity contribution in [3.05, 3.63) is 83.6 Å². The second-order valence-electron chi connectivity index (χ2n) is 5.92. The van der Waals surface area contributed by atoms with E-state index in [0.717, 1.165) is 11.1 Å². The van der Waals surface area contributed by atoms with Gasteiger partial charge in [0.15, 0.2) is 11.5 Å². The quantitative estimate of drug-likeness (QED) is 0.700. The van der Waals surface area contributed by atoms with Gasteiger partial charge < -0.3 is 15.8 Å². The van der Waals surface area contributed by atoms with Crippen molar-refractivity contribution in [2.75, 3.05) is 12.8 Å². The lowest BCUT2D eigenvalue weighted by molar-refractivity contribution is 0.0932. The van der Waals surface area contributed by atoms with Gasteiger partial charge >= 0.3 is 0 Å². The highest BCUT2D eigenvalue weighted by Gasteiger charge is 2.19. The lowest BCUT2D eigenvalue weighted by Gasteiger charge is -2.20. The van der Waals surface area contributed by atoms with Gasteiger partial charge in [0.25, 0.3) is 5.91 Å². The molecule has 2 aromatic carbocycles. The highest BCUT2D eigenvalue weighted by Crippen LogP contribution is 2.22. The molecule has 3 rings (SSSR count). The number of carbonyl (C=O) groups excluding carboxylic acids is 1. The molecule has 1 heterocycles. The first-order valence-electron chi connectivity index (χ1n) is 8.32. The average Bonchev–Trinajstić information content (AvgIpc) is 2.69. The first-order chi connectivity index (χ1) is 13.1. The summed E-state index contributed by atoms with van der Waals surface area (Å²) in [7, 11) is 1.59. The first-order valence-corrected chi connectivity index (χ1v) is 8.32. The van der Waals surface area contributed by atoms with Gasteiger partial charge in [-0.05, 0) is 41.8 Å². The smallest absolute Gasteiger partial charge is 0.274 e. The Hall–Kier alpha value is -3.48. The Morgan fingerprint density at radius 2 is 1.78 bits per heavy atom. The Balaban J connectivity index is 1.87. The molecule has 0 bridgehead atoms. The van der Waals surface area contributed by atoms with E-state index >= 15 is 0 Å². The van der Waals surface area contributed by atoms with Crippen molar-refractivity contribution in [2.45, 2.75) is 12.5 Å². The van der Waals surface area contributed by atoms with E-state index in [9.17, 15) is 9.18 Å². The molecule has 27 heavy (non-hydrogen) atoms. The van der Waals surface area contributed by atoms with Crippen LogP contribution in [0.3, 0.4) is 0 Å². The fourth-order valence-electron chi connectivity index (χ4n) is 2.69. The number of nitrogen functional groups attached to an aromatic ring is 1. The average molecular weight is 366 g/mol. The van der Waals surface area contributed by atoms with Crippen LogP contribution in [0.5, 0.6) is 5.75 Å². The maximum absolute atomic E-state index is 13.2. The van der Waals surface area contributed by atoms with Crippen molar-refractivity contribution in [3.63, 3.8) is 0 Å². The van der Waals surface area contributed by atoms with Crippen LogP contribution < -0.4 is 15.8 Å². The van der Waals surface area contributed by atoms with E-state index in [4.69, 9.17) is 10.5 Å². The normalized spacial score (nSPS) is 11.6. The largest absolute Gasteiger partial charge is 0.497 e. The standard InChI is InChI=1S/C20H19FN4O2/c1-27-16-8-4-14(5-9-16)17(12-13-2-6-15(21)7-3-13)25-20(26)18-19(22)24-11-10-23-18/h2-11,17H,12H2,1H3,(H2,22,24)(H,25,26). The summed E-state index contributed by atoms with van der Waals surface area (Å²) >= 11 is 0. The van der Waals surface area contributed by atoms with Crippen molar-refractivity contribution in [1.82, 2.24) is 15.3 Å². The lowest BCUT2D eigenvalue weighted by atomic mass is 9.98. The number of nitrogens with one attached hydrogen (secondary N) is 1. The Labute approximate surface area is 156 Å². The van der Waals surface area contributed by atoms with Crippen LogP contribution in [0.2, 0.25) is 0 Å². The van der Waals surface area contributed by atoms with E-state index in [0.29, 0.717) is 12.2 Å². The second kappa shape index (κ2) is 8.27. The third-order valence-electron chi connectivity index (χ3n) is 4.12. The zero-order chi connectivity index (χ0) is 19.2. The molecule has 0 aliphatic heterocycles. The van der Waals surface area contributed by atoms with E-state index in [-0.39, 0.29) is 23.4 Å². The molecule has 7 heteroatoms. The third-order valence-corrected chi connectivity index (χ3v) is 4.12. The number of carbonyl (C=O) groups is 1. The zero-order valence-corrected chi connectivity index (χ0v) is 14.7. The molecule has 6 nitrogen and oxygen atoms in total. The Bertz CT molecular complexity index is 914. The van der Waals surface area contributed by atoms with Crippen LogP contribution in [-0.4, -0.2) is 23.0 Å². The summed E-state index contributed by atoms with van der Waals surface area (Å²) < 4.78 is 18.4. The van der Waals surface area contributed by atoms with Crippen LogP contribution in [0.1, 0.15) is 27.7 Å². The SMILES string of the molecule is COc1ccc(C(Cc2ccc(F)cc2)NC(=O)c2nccnc2N)cc1. The van der Waals surface area contributed by atoms with E-state index in [1.165, 1.54) is 24.5 Å². The van der Waals surface area contributed by atoms with Crippen LogP contribution in [-0.2, 0) is 6.42 Å². The topological polar surface area (TPSA) is 90.1 Å². The highest BCUT2D eigenvalue weighted by atomic mass is 19.1. The molecule has 3 aromatic rings. The first kappa shape index (κ1) is 18.3. The molecule has 0 aliphatic carbocycles. The number of amides is 1. The van der Waals surface area contributed by atoms with Crippen molar-refractivity contribution in [2.24, 2.45) is 0 Å². The van der Waals surface area contributed by atoms with Gasteiger partial charge in [-0.3, -0.25) is 4.79 Å². The maximum Gasteiger partial charge on any atom is 0.274 e. The molecular formula is C20H19FN4O2. The van der Waals surface area contributed by atoms with Gasteiger partial charge in [-0.15, -0.1) is 0 Å².